The maximum atomic E-state index is 2.50. The molecule has 2 nitrogen and oxygen atoms in total. The number of fused-ring (bicyclic) bond motifs is 5. The van der Waals surface area contributed by atoms with Gasteiger partial charge in [0.2, 0.25) is 0 Å². The van der Waals surface area contributed by atoms with Crippen molar-refractivity contribution in [1.29, 1.82) is 0 Å². The Labute approximate surface area is 360 Å². The van der Waals surface area contributed by atoms with Crippen LogP contribution in [-0.2, 0) is 0 Å². The van der Waals surface area contributed by atoms with Crippen molar-refractivity contribution in [3.05, 3.63) is 243 Å². The zero-order chi connectivity index (χ0) is 40.5. The van der Waals surface area contributed by atoms with Crippen molar-refractivity contribution >= 4 is 76.4 Å². The fourth-order valence-electron chi connectivity index (χ4n) is 8.74. The second-order valence-corrected chi connectivity index (χ2v) is 16.4. The Morgan fingerprint density at radius 1 is 0.279 bits per heavy atom. The van der Waals surface area contributed by atoms with Crippen molar-refractivity contribution in [3.8, 4) is 33.4 Å². The van der Waals surface area contributed by atoms with Crippen molar-refractivity contribution in [3.63, 3.8) is 0 Å². The zero-order valence-electron chi connectivity index (χ0n) is 33.4. The monoisotopic (exact) mass is 796 g/mol. The fourth-order valence-corrected chi connectivity index (χ4v) is 9.87. The third-order valence-corrected chi connectivity index (χ3v) is 12.8. The number of benzene rings is 10. The molecule has 0 saturated carbocycles. The second-order valence-electron chi connectivity index (χ2n) is 15.3. The topological polar surface area (TPSA) is 6.48 Å². The highest BCUT2D eigenvalue weighted by atomic mass is 32.1. The molecule has 0 fully saturated rings. The third-order valence-electron chi connectivity index (χ3n) is 11.6. The molecule has 3 heteroatoms. The Hall–Kier alpha value is -7.72. The minimum absolute atomic E-state index is 1.07. The molecule has 11 aromatic rings. The smallest absolute Gasteiger partial charge is 0.0796 e. The van der Waals surface area contributed by atoms with E-state index in [2.05, 4.69) is 252 Å². The van der Waals surface area contributed by atoms with Crippen LogP contribution in [-0.4, -0.2) is 0 Å². The van der Waals surface area contributed by atoms with Crippen LogP contribution in [0.3, 0.4) is 0 Å². The molecule has 0 N–H and O–H groups in total. The first-order chi connectivity index (χ1) is 30.3. The van der Waals surface area contributed by atoms with Gasteiger partial charge in [-0.25, -0.2) is 0 Å². The van der Waals surface area contributed by atoms with Gasteiger partial charge in [-0.2, -0.15) is 0 Å². The van der Waals surface area contributed by atoms with E-state index >= 15 is 0 Å². The Bertz CT molecular complexity index is 3270. The zero-order valence-corrected chi connectivity index (χ0v) is 34.2. The van der Waals surface area contributed by atoms with E-state index in [-0.39, 0.29) is 0 Å². The van der Waals surface area contributed by atoms with Crippen LogP contribution in [0.15, 0.2) is 243 Å². The van der Waals surface area contributed by atoms with Crippen molar-refractivity contribution in [2.45, 2.75) is 0 Å². The molecule has 11 rings (SSSR count). The number of hydrogen-bond acceptors (Lipinski definition) is 3. The molecule has 0 amide bonds. The van der Waals surface area contributed by atoms with Gasteiger partial charge in [-0.1, -0.05) is 176 Å². The minimum atomic E-state index is 1.07. The molecule has 0 aliphatic carbocycles. The van der Waals surface area contributed by atoms with Crippen LogP contribution in [0.5, 0.6) is 0 Å². The molecule has 0 unspecified atom stereocenters. The van der Waals surface area contributed by atoms with Crippen LogP contribution in [0.4, 0.5) is 34.1 Å². The van der Waals surface area contributed by atoms with Gasteiger partial charge in [-0.05, 0) is 111 Å². The van der Waals surface area contributed by atoms with E-state index in [0.29, 0.717) is 0 Å². The maximum absolute atomic E-state index is 2.50. The van der Waals surface area contributed by atoms with Gasteiger partial charge in [-0.3, -0.25) is 0 Å². The van der Waals surface area contributed by atoms with Crippen LogP contribution < -0.4 is 9.80 Å². The Kier molecular flexibility index (Phi) is 9.42. The summed E-state index contributed by atoms with van der Waals surface area (Å²) in [7, 11) is 0. The van der Waals surface area contributed by atoms with Gasteiger partial charge in [0.1, 0.15) is 0 Å². The molecule has 0 spiro atoms. The number of nitrogens with zero attached hydrogens (tertiary/aromatic N) is 2. The van der Waals surface area contributed by atoms with Gasteiger partial charge in [0.25, 0.3) is 0 Å². The molecule has 0 aliphatic rings. The molecule has 0 atom stereocenters. The fraction of sp³-hybridized carbons (Fsp3) is 0. The van der Waals surface area contributed by atoms with E-state index in [9.17, 15) is 0 Å². The summed E-state index contributed by atoms with van der Waals surface area (Å²) < 4.78 is 2.51. The van der Waals surface area contributed by atoms with Crippen LogP contribution in [0, 0.1) is 0 Å². The first-order valence-corrected chi connectivity index (χ1v) is 21.6. The summed E-state index contributed by atoms with van der Waals surface area (Å²) in [6, 6.07) is 87.9. The molecular formula is C58H40N2S. The van der Waals surface area contributed by atoms with Gasteiger partial charge in [-0.15, -0.1) is 11.3 Å². The summed E-state index contributed by atoms with van der Waals surface area (Å²) in [5, 5.41) is 4.98. The van der Waals surface area contributed by atoms with Gasteiger partial charge in [0, 0.05) is 42.9 Å². The van der Waals surface area contributed by atoms with Crippen LogP contribution in [0.1, 0.15) is 0 Å². The second kappa shape index (κ2) is 15.8. The van der Waals surface area contributed by atoms with E-state index in [1.54, 1.807) is 0 Å². The third kappa shape index (κ3) is 6.81. The maximum Gasteiger partial charge on any atom is 0.0796 e. The van der Waals surface area contributed by atoms with Crippen molar-refractivity contribution in [2.24, 2.45) is 0 Å². The number of para-hydroxylation sites is 1. The molecule has 0 radical (unpaired) electrons. The molecule has 1 heterocycles. The molecule has 0 bridgehead atoms. The van der Waals surface area contributed by atoms with E-state index in [1.165, 1.54) is 58.8 Å². The molecule has 1 aromatic heterocycles. The van der Waals surface area contributed by atoms with Gasteiger partial charge in [0.15, 0.2) is 0 Å². The van der Waals surface area contributed by atoms with Gasteiger partial charge in [0.05, 0.1) is 11.4 Å². The molecule has 0 saturated heterocycles. The Balaban J connectivity index is 1.24. The average molecular weight is 797 g/mol. The number of hydrogen-bond donors (Lipinski definition) is 0. The molecular weight excluding hydrogens is 757 g/mol. The van der Waals surface area contributed by atoms with Crippen molar-refractivity contribution in [1.82, 2.24) is 0 Å². The van der Waals surface area contributed by atoms with Crippen molar-refractivity contribution < 1.29 is 0 Å². The van der Waals surface area contributed by atoms with Gasteiger partial charge < -0.3 is 9.80 Å². The lowest BCUT2D eigenvalue weighted by atomic mass is 9.99. The van der Waals surface area contributed by atoms with Crippen LogP contribution in [0.25, 0.3) is 64.3 Å². The lowest BCUT2D eigenvalue weighted by Gasteiger charge is -2.34. The average Bonchev–Trinajstić information content (AvgIpc) is 3.74. The lowest BCUT2D eigenvalue weighted by Crippen LogP contribution is -2.17. The summed E-state index contributed by atoms with van der Waals surface area (Å²) >= 11 is 1.86. The number of thiophene rings is 1. The Morgan fingerprint density at radius 3 is 1.34 bits per heavy atom. The van der Waals surface area contributed by atoms with Crippen LogP contribution in [0.2, 0.25) is 0 Å². The largest absolute Gasteiger partial charge is 0.308 e. The predicted octanol–water partition coefficient (Wildman–Crippen LogP) is 17.1. The van der Waals surface area contributed by atoms with E-state index in [0.717, 1.165) is 39.7 Å². The summed E-state index contributed by atoms with van der Waals surface area (Å²) in [5.74, 6) is 0. The number of rotatable bonds is 9. The summed E-state index contributed by atoms with van der Waals surface area (Å²) in [6.45, 7) is 0. The SMILES string of the molecule is c1ccc(-c2ccc(N(c3ccccc3)c3ccc4sc5ccc6ccccc6c5c4c3N(c3ccc(-c4ccccc4)cc3)c3cccc(-c4ccccc4)c3)cc2)cc1. The first kappa shape index (κ1) is 36.4. The molecule has 61 heavy (non-hydrogen) atoms. The normalized spacial score (nSPS) is 11.3. The van der Waals surface area contributed by atoms with Gasteiger partial charge >= 0.3 is 0 Å². The summed E-state index contributed by atoms with van der Waals surface area (Å²) in [5.41, 5.74) is 13.6. The molecule has 288 valence electrons. The first-order valence-electron chi connectivity index (χ1n) is 20.8. The van der Waals surface area contributed by atoms with E-state index < -0.39 is 0 Å². The van der Waals surface area contributed by atoms with E-state index in [4.69, 9.17) is 0 Å². The molecule has 0 aliphatic heterocycles. The highest BCUT2D eigenvalue weighted by Crippen LogP contribution is 2.54. The highest BCUT2D eigenvalue weighted by molar-refractivity contribution is 7.26. The standard InChI is InChI=1S/C58H40N2S/c1-5-16-41(17-6-1)44-28-33-49(34-29-44)59(48-24-11-4-12-25-48)53-37-39-55-57(56-52-27-14-13-22-46(52)32-38-54(56)61-55)58(53)60(50-35-30-45(31-36-50)42-18-7-2-8-19-42)51-26-15-23-47(40-51)43-20-9-3-10-21-43/h1-40H. The molecule has 10 aromatic carbocycles. The van der Waals surface area contributed by atoms with Crippen molar-refractivity contribution in [2.75, 3.05) is 9.80 Å². The number of anilines is 6. The summed E-state index contributed by atoms with van der Waals surface area (Å²) in [4.78, 5) is 4.94. The van der Waals surface area contributed by atoms with E-state index in [1.807, 2.05) is 11.3 Å². The Morgan fingerprint density at radius 2 is 0.721 bits per heavy atom. The highest BCUT2D eigenvalue weighted by Gasteiger charge is 2.27. The minimum Gasteiger partial charge on any atom is -0.308 e. The van der Waals surface area contributed by atoms with Crippen LogP contribution >= 0.6 is 11.3 Å². The quantitative estimate of drug-likeness (QED) is 0.144. The summed E-state index contributed by atoms with van der Waals surface area (Å²) in [6.07, 6.45) is 0. The predicted molar refractivity (Wildman–Crippen MR) is 263 cm³/mol. The lowest BCUT2D eigenvalue weighted by molar-refractivity contribution is 1.24.